The number of benzene rings is 1. The molecular weight excluding hydrogens is 363 g/mol. The van der Waals surface area contributed by atoms with Crippen LogP contribution < -0.4 is 11.0 Å². The van der Waals surface area contributed by atoms with Crippen molar-refractivity contribution in [2.75, 3.05) is 0 Å². The summed E-state index contributed by atoms with van der Waals surface area (Å²) in [6.45, 7) is 1.20. The third-order valence-corrected chi connectivity index (χ3v) is 3.81. The first kappa shape index (κ1) is 18.4. The molecule has 7 nitrogen and oxygen atoms in total. The standard InChI is InChI=1S/C17H14F3N5O2/c1-10(11-2-4-13(19)14(20)6-11)23-16(26)8-25-17(27)24(9-22-25)15-5-3-12(18)7-21-15/h2-7,9-10H,8H2,1H3,(H,23,26)/t10-/m0/s1. The molecule has 0 aliphatic rings. The van der Waals surface area contributed by atoms with Crippen molar-refractivity contribution in [1.29, 1.82) is 0 Å². The number of rotatable bonds is 5. The molecule has 0 unspecified atom stereocenters. The van der Waals surface area contributed by atoms with Crippen LogP contribution in [0.5, 0.6) is 0 Å². The minimum Gasteiger partial charge on any atom is -0.348 e. The van der Waals surface area contributed by atoms with E-state index in [9.17, 15) is 22.8 Å². The molecule has 0 bridgehead atoms. The Bertz CT molecular complexity index is 1030. The highest BCUT2D eigenvalue weighted by Gasteiger charge is 2.15. The molecule has 0 spiro atoms. The molecule has 1 N–H and O–H groups in total. The van der Waals surface area contributed by atoms with Crippen molar-refractivity contribution in [2.45, 2.75) is 19.5 Å². The van der Waals surface area contributed by atoms with Gasteiger partial charge in [-0.3, -0.25) is 4.79 Å². The first-order valence-corrected chi connectivity index (χ1v) is 7.86. The summed E-state index contributed by atoms with van der Waals surface area (Å²) in [5.74, 6) is -2.95. The molecule has 27 heavy (non-hydrogen) atoms. The van der Waals surface area contributed by atoms with Crippen LogP contribution in [0.15, 0.2) is 47.7 Å². The van der Waals surface area contributed by atoms with Gasteiger partial charge in [0.05, 0.1) is 12.2 Å². The van der Waals surface area contributed by atoms with Crippen molar-refractivity contribution in [3.05, 3.63) is 76.4 Å². The number of carbonyl (C=O) groups is 1. The van der Waals surface area contributed by atoms with Gasteiger partial charge in [0, 0.05) is 0 Å². The molecule has 0 aliphatic heterocycles. The molecule has 140 valence electrons. The third kappa shape index (κ3) is 4.05. The van der Waals surface area contributed by atoms with Crippen LogP contribution in [0.1, 0.15) is 18.5 Å². The number of aromatic nitrogens is 4. The summed E-state index contributed by atoms with van der Waals surface area (Å²) in [6, 6.07) is 5.14. The van der Waals surface area contributed by atoms with E-state index in [1.54, 1.807) is 6.92 Å². The fourth-order valence-electron chi connectivity index (χ4n) is 2.40. The minimum atomic E-state index is -1.02. The first-order chi connectivity index (χ1) is 12.8. The van der Waals surface area contributed by atoms with Gasteiger partial charge in [-0.2, -0.15) is 5.10 Å². The highest BCUT2D eigenvalue weighted by atomic mass is 19.2. The summed E-state index contributed by atoms with van der Waals surface area (Å²) in [7, 11) is 0. The zero-order valence-electron chi connectivity index (χ0n) is 14.1. The van der Waals surface area contributed by atoms with Crippen LogP contribution in [0.4, 0.5) is 13.2 Å². The maximum absolute atomic E-state index is 13.3. The fourth-order valence-corrected chi connectivity index (χ4v) is 2.40. The average Bonchev–Trinajstić information content (AvgIpc) is 2.98. The quantitative estimate of drug-likeness (QED) is 0.734. The Labute approximate surface area is 151 Å². The van der Waals surface area contributed by atoms with Gasteiger partial charge >= 0.3 is 5.69 Å². The van der Waals surface area contributed by atoms with Crippen LogP contribution in [-0.4, -0.2) is 25.2 Å². The van der Waals surface area contributed by atoms with Crippen LogP contribution in [0.3, 0.4) is 0 Å². The predicted octanol–water partition coefficient (Wildman–Crippen LogP) is 1.72. The second kappa shape index (κ2) is 7.44. The Morgan fingerprint density at radius 1 is 1.19 bits per heavy atom. The van der Waals surface area contributed by atoms with Gasteiger partial charge in [-0.05, 0) is 36.8 Å². The van der Waals surface area contributed by atoms with Gasteiger partial charge in [0.2, 0.25) is 5.91 Å². The summed E-state index contributed by atoms with van der Waals surface area (Å²) in [5, 5.41) is 6.40. The Kier molecular flexibility index (Phi) is 5.06. The average molecular weight is 377 g/mol. The second-order valence-electron chi connectivity index (χ2n) is 5.74. The molecule has 0 aliphatic carbocycles. The normalized spacial score (nSPS) is 12.0. The van der Waals surface area contributed by atoms with E-state index in [0.29, 0.717) is 5.56 Å². The van der Waals surface area contributed by atoms with E-state index >= 15 is 0 Å². The molecule has 0 saturated carbocycles. The van der Waals surface area contributed by atoms with Gasteiger partial charge in [-0.25, -0.2) is 32.2 Å². The first-order valence-electron chi connectivity index (χ1n) is 7.86. The molecule has 2 heterocycles. The number of amides is 1. The molecular formula is C17H14F3N5O2. The monoisotopic (exact) mass is 377 g/mol. The van der Waals surface area contributed by atoms with Gasteiger partial charge in [0.1, 0.15) is 24.5 Å². The van der Waals surface area contributed by atoms with Crippen LogP contribution in [0.2, 0.25) is 0 Å². The molecule has 10 heteroatoms. The third-order valence-electron chi connectivity index (χ3n) is 3.81. The largest absolute Gasteiger partial charge is 0.352 e. The van der Waals surface area contributed by atoms with E-state index in [1.165, 1.54) is 12.1 Å². The van der Waals surface area contributed by atoms with E-state index in [-0.39, 0.29) is 12.4 Å². The lowest BCUT2D eigenvalue weighted by molar-refractivity contribution is -0.122. The Morgan fingerprint density at radius 3 is 2.63 bits per heavy atom. The lowest BCUT2D eigenvalue weighted by atomic mass is 10.1. The van der Waals surface area contributed by atoms with E-state index < -0.39 is 35.1 Å². The van der Waals surface area contributed by atoms with Crippen molar-refractivity contribution in [2.24, 2.45) is 0 Å². The highest BCUT2D eigenvalue weighted by molar-refractivity contribution is 5.76. The molecule has 0 radical (unpaired) electrons. The van der Waals surface area contributed by atoms with Gasteiger partial charge in [0.25, 0.3) is 0 Å². The minimum absolute atomic E-state index is 0.156. The molecule has 3 rings (SSSR count). The SMILES string of the molecule is C[C@H](NC(=O)Cn1ncn(-c2ccc(F)cn2)c1=O)c1ccc(F)c(F)c1. The Balaban J connectivity index is 1.70. The maximum Gasteiger partial charge on any atom is 0.352 e. The van der Waals surface area contributed by atoms with Crippen molar-refractivity contribution in [3.8, 4) is 5.82 Å². The van der Waals surface area contributed by atoms with Crippen LogP contribution in [-0.2, 0) is 11.3 Å². The van der Waals surface area contributed by atoms with E-state index in [0.717, 1.165) is 40.0 Å². The maximum atomic E-state index is 13.3. The van der Waals surface area contributed by atoms with Crippen LogP contribution in [0.25, 0.3) is 5.82 Å². The summed E-state index contributed by atoms with van der Waals surface area (Å²) < 4.78 is 41.2. The Morgan fingerprint density at radius 2 is 1.96 bits per heavy atom. The lowest BCUT2D eigenvalue weighted by Crippen LogP contribution is -2.34. The number of halogens is 3. The van der Waals surface area contributed by atoms with Crippen molar-refractivity contribution < 1.29 is 18.0 Å². The predicted molar refractivity (Wildman–Crippen MR) is 88.5 cm³/mol. The van der Waals surface area contributed by atoms with Crippen LogP contribution >= 0.6 is 0 Å². The number of hydrogen-bond donors (Lipinski definition) is 1. The van der Waals surface area contributed by atoms with E-state index in [4.69, 9.17) is 0 Å². The zero-order valence-corrected chi connectivity index (χ0v) is 14.1. The lowest BCUT2D eigenvalue weighted by Gasteiger charge is -2.14. The van der Waals surface area contributed by atoms with Crippen molar-refractivity contribution in [3.63, 3.8) is 0 Å². The number of nitrogens with one attached hydrogen (secondary N) is 1. The van der Waals surface area contributed by atoms with E-state index in [1.807, 2.05) is 0 Å². The summed E-state index contributed by atoms with van der Waals surface area (Å²) in [4.78, 5) is 28.2. The molecule has 1 atom stereocenters. The molecule has 1 aromatic carbocycles. The Hall–Kier alpha value is -3.43. The zero-order chi connectivity index (χ0) is 19.6. The molecule has 3 aromatic rings. The number of nitrogens with zero attached hydrogens (tertiary/aromatic N) is 4. The van der Waals surface area contributed by atoms with Crippen molar-refractivity contribution >= 4 is 5.91 Å². The molecule has 0 saturated heterocycles. The topological polar surface area (TPSA) is 81.8 Å². The second-order valence-corrected chi connectivity index (χ2v) is 5.74. The number of hydrogen-bond acceptors (Lipinski definition) is 4. The molecule has 0 fully saturated rings. The molecule has 2 aromatic heterocycles. The van der Waals surface area contributed by atoms with Gasteiger partial charge in [-0.15, -0.1) is 0 Å². The van der Waals surface area contributed by atoms with Crippen molar-refractivity contribution in [1.82, 2.24) is 24.6 Å². The summed E-state index contributed by atoms with van der Waals surface area (Å²) in [6.07, 6.45) is 2.12. The summed E-state index contributed by atoms with van der Waals surface area (Å²) >= 11 is 0. The number of carbonyl (C=O) groups excluding carboxylic acids is 1. The van der Waals surface area contributed by atoms with Gasteiger partial charge in [0.15, 0.2) is 11.6 Å². The van der Waals surface area contributed by atoms with Gasteiger partial charge < -0.3 is 5.32 Å². The smallest absolute Gasteiger partial charge is 0.348 e. The number of pyridine rings is 1. The molecule has 1 amide bonds. The van der Waals surface area contributed by atoms with Crippen LogP contribution in [0, 0.1) is 17.5 Å². The van der Waals surface area contributed by atoms with E-state index in [2.05, 4.69) is 15.4 Å². The summed E-state index contributed by atoms with van der Waals surface area (Å²) in [5.41, 5.74) is -0.264. The highest BCUT2D eigenvalue weighted by Crippen LogP contribution is 2.15. The van der Waals surface area contributed by atoms with Gasteiger partial charge in [-0.1, -0.05) is 6.07 Å². The fraction of sp³-hybridized carbons (Fsp3) is 0.176.